The Hall–Kier alpha value is 0.850. The minimum Gasteiger partial charge on any atom is -0.317 e. The van der Waals surface area contributed by atoms with Gasteiger partial charge >= 0.3 is 0 Å². The van der Waals surface area contributed by atoms with Crippen molar-refractivity contribution in [1.29, 1.82) is 0 Å². The lowest BCUT2D eigenvalue weighted by molar-refractivity contribution is 0.269. The van der Waals surface area contributed by atoms with Gasteiger partial charge in [-0.05, 0) is 27.4 Å². The lowest BCUT2D eigenvalue weighted by Crippen LogP contribution is -2.67. The molecule has 5 nitrogen and oxygen atoms in total. The van der Waals surface area contributed by atoms with Crippen LogP contribution in [-0.4, -0.2) is 67.2 Å². The third-order valence-corrected chi connectivity index (χ3v) is 5.77. The molecule has 0 heterocycles. The van der Waals surface area contributed by atoms with Gasteiger partial charge < -0.3 is 21.7 Å². The molecule has 0 saturated heterocycles. The second-order valence-corrected chi connectivity index (χ2v) is 7.47. The molecule has 3 atom stereocenters. The van der Waals surface area contributed by atoms with Gasteiger partial charge in [-0.25, -0.2) is 0 Å². The van der Waals surface area contributed by atoms with Crippen LogP contribution in [0, 0.1) is 0 Å². The van der Waals surface area contributed by atoms with Crippen LogP contribution in [0.5, 0.6) is 0 Å². The molecule has 0 aromatic rings. The zero-order valence-electron chi connectivity index (χ0n) is 14.4. The predicted molar refractivity (Wildman–Crippen MR) is 109 cm³/mol. The number of nitrogens with two attached hydrogens (primary N) is 1. The molecule has 1 unspecified atom stereocenters. The largest absolute Gasteiger partial charge is 0.317 e. The first-order valence-corrected chi connectivity index (χ1v) is 9.63. The third kappa shape index (κ3) is 8.10. The van der Waals surface area contributed by atoms with E-state index in [-0.39, 0.29) is 11.1 Å². The smallest absolute Gasteiger partial charge is 0.0880 e. The second-order valence-electron chi connectivity index (χ2n) is 6.52. The van der Waals surface area contributed by atoms with Gasteiger partial charge in [0.2, 0.25) is 0 Å². The van der Waals surface area contributed by atoms with E-state index in [1.54, 1.807) is 0 Å². The Bertz CT molecular complexity index is 284. The Balaban J connectivity index is 4.63. The lowest BCUT2D eigenvalue weighted by Gasteiger charge is -2.39. The fourth-order valence-electron chi connectivity index (χ4n) is 2.04. The highest BCUT2D eigenvalue weighted by Gasteiger charge is 2.31. The van der Waals surface area contributed by atoms with Crippen molar-refractivity contribution >= 4 is 37.9 Å². The molecule has 0 amide bonds. The molecule has 0 aliphatic carbocycles. The predicted octanol–water partition coefficient (Wildman–Crippen LogP) is -0.0437. The van der Waals surface area contributed by atoms with Gasteiger partial charge in [0.15, 0.2) is 0 Å². The molecule has 0 aliphatic heterocycles. The molecular formula is C14H35N5S3. The van der Waals surface area contributed by atoms with Crippen LogP contribution in [0.25, 0.3) is 0 Å². The highest BCUT2D eigenvalue weighted by Crippen LogP contribution is 2.11. The van der Waals surface area contributed by atoms with Crippen LogP contribution in [-0.2, 0) is 0 Å². The molecule has 0 saturated carbocycles. The van der Waals surface area contributed by atoms with E-state index in [9.17, 15) is 0 Å². The van der Waals surface area contributed by atoms with Crippen LogP contribution in [0.3, 0.4) is 0 Å². The molecular weight excluding hydrogens is 334 g/mol. The summed E-state index contributed by atoms with van der Waals surface area (Å²) in [5, 5.41) is 13.6. The number of hydrogen-bond acceptors (Lipinski definition) is 8. The van der Waals surface area contributed by atoms with Crippen LogP contribution in [0.1, 0.15) is 20.8 Å². The van der Waals surface area contributed by atoms with E-state index < -0.39 is 5.66 Å². The molecule has 0 radical (unpaired) electrons. The SMILES string of the molecule is CCN[C@@](C)(CS)CN[C@@](C)(CS)CNC(N)(CS)CNC. The average Bonchev–Trinajstić information content (AvgIpc) is 2.52. The van der Waals surface area contributed by atoms with E-state index >= 15 is 0 Å². The van der Waals surface area contributed by atoms with Crippen molar-refractivity contribution < 1.29 is 0 Å². The van der Waals surface area contributed by atoms with Gasteiger partial charge in [0.25, 0.3) is 0 Å². The Labute approximate surface area is 152 Å². The van der Waals surface area contributed by atoms with E-state index in [1.165, 1.54) is 0 Å². The zero-order chi connectivity index (χ0) is 17.3. The highest BCUT2D eigenvalue weighted by molar-refractivity contribution is 7.80. The summed E-state index contributed by atoms with van der Waals surface area (Å²) in [5.74, 6) is 2.03. The summed E-state index contributed by atoms with van der Waals surface area (Å²) >= 11 is 13.3. The average molecular weight is 370 g/mol. The Morgan fingerprint density at radius 2 is 1.32 bits per heavy atom. The Morgan fingerprint density at radius 3 is 1.73 bits per heavy atom. The fourth-order valence-corrected chi connectivity index (χ4v) is 2.72. The van der Waals surface area contributed by atoms with Crippen molar-refractivity contribution in [3.63, 3.8) is 0 Å². The van der Waals surface area contributed by atoms with Crippen molar-refractivity contribution in [1.82, 2.24) is 21.3 Å². The summed E-state index contributed by atoms with van der Waals surface area (Å²) in [6.45, 7) is 9.53. The summed E-state index contributed by atoms with van der Waals surface area (Å²) in [7, 11) is 1.89. The Morgan fingerprint density at radius 1 is 0.818 bits per heavy atom. The van der Waals surface area contributed by atoms with Gasteiger partial charge in [-0.15, -0.1) is 0 Å². The van der Waals surface area contributed by atoms with Crippen LogP contribution >= 0.6 is 37.9 Å². The molecule has 0 spiro atoms. The minimum absolute atomic E-state index is 0.0452. The van der Waals surface area contributed by atoms with Crippen LogP contribution < -0.4 is 27.0 Å². The number of hydrogen-bond donors (Lipinski definition) is 8. The molecule has 8 heteroatoms. The van der Waals surface area contributed by atoms with E-state index in [1.807, 2.05) is 7.05 Å². The molecule has 0 aromatic carbocycles. The maximum atomic E-state index is 6.30. The third-order valence-electron chi connectivity index (χ3n) is 3.81. The zero-order valence-corrected chi connectivity index (χ0v) is 17.1. The minimum atomic E-state index is -0.529. The number of nitrogens with one attached hydrogen (secondary N) is 4. The van der Waals surface area contributed by atoms with Gasteiger partial charge in [0, 0.05) is 48.0 Å². The van der Waals surface area contributed by atoms with Gasteiger partial charge in [-0.3, -0.25) is 5.32 Å². The fraction of sp³-hybridized carbons (Fsp3) is 1.00. The molecule has 0 bridgehead atoms. The number of likely N-dealkylation sites (N-methyl/N-ethyl adjacent to an activating group) is 2. The molecule has 22 heavy (non-hydrogen) atoms. The molecule has 0 aromatic heterocycles. The molecule has 0 aliphatic rings. The normalized spacial score (nSPS) is 20.2. The van der Waals surface area contributed by atoms with Crippen molar-refractivity contribution in [2.24, 2.45) is 5.73 Å². The van der Waals surface area contributed by atoms with E-state index in [0.717, 1.165) is 18.8 Å². The van der Waals surface area contributed by atoms with Gasteiger partial charge in [0.1, 0.15) is 0 Å². The van der Waals surface area contributed by atoms with Crippen LogP contribution in [0.2, 0.25) is 0 Å². The quantitative estimate of drug-likeness (QED) is 0.173. The molecule has 6 N–H and O–H groups in total. The number of thiol groups is 3. The van der Waals surface area contributed by atoms with E-state index in [2.05, 4.69) is 79.9 Å². The van der Waals surface area contributed by atoms with Crippen molar-refractivity contribution in [2.75, 3.05) is 50.5 Å². The monoisotopic (exact) mass is 369 g/mol. The standard InChI is InChI=1S/C14H35N5S3/c1-5-17-12(2,9-20)6-18-13(3,10-21)7-19-14(15,11-22)8-16-4/h16-22H,5-11,15H2,1-4H3/t12-,13-,14?/m1/s1. The van der Waals surface area contributed by atoms with Crippen molar-refractivity contribution in [2.45, 2.75) is 37.5 Å². The highest BCUT2D eigenvalue weighted by atomic mass is 32.1. The maximum absolute atomic E-state index is 6.30. The molecule has 0 fully saturated rings. The summed E-state index contributed by atoms with van der Waals surface area (Å²) in [4.78, 5) is 0. The summed E-state index contributed by atoms with van der Waals surface area (Å²) < 4.78 is 0. The lowest BCUT2D eigenvalue weighted by atomic mass is 9.99. The Kier molecular flexibility index (Phi) is 11.1. The molecule has 134 valence electrons. The maximum Gasteiger partial charge on any atom is 0.0880 e. The summed E-state index contributed by atoms with van der Waals surface area (Å²) in [6.07, 6.45) is 0. The summed E-state index contributed by atoms with van der Waals surface area (Å²) in [6, 6.07) is 0. The second kappa shape index (κ2) is 10.7. The van der Waals surface area contributed by atoms with E-state index in [4.69, 9.17) is 5.73 Å². The van der Waals surface area contributed by atoms with Crippen molar-refractivity contribution in [3.05, 3.63) is 0 Å². The van der Waals surface area contributed by atoms with Crippen LogP contribution in [0.4, 0.5) is 0 Å². The first-order valence-electron chi connectivity index (χ1n) is 7.73. The molecule has 0 rings (SSSR count). The van der Waals surface area contributed by atoms with Gasteiger partial charge in [-0.2, -0.15) is 37.9 Å². The van der Waals surface area contributed by atoms with Crippen LogP contribution in [0.15, 0.2) is 0 Å². The first kappa shape index (κ1) is 22.9. The first-order chi connectivity index (χ1) is 10.2. The van der Waals surface area contributed by atoms with E-state index in [0.29, 0.717) is 24.6 Å². The number of rotatable bonds is 13. The van der Waals surface area contributed by atoms with Gasteiger partial charge in [-0.1, -0.05) is 6.92 Å². The van der Waals surface area contributed by atoms with Crippen molar-refractivity contribution in [3.8, 4) is 0 Å². The summed E-state index contributed by atoms with van der Waals surface area (Å²) in [5.41, 5.74) is 5.56. The van der Waals surface area contributed by atoms with Gasteiger partial charge in [0.05, 0.1) is 5.66 Å². The topological polar surface area (TPSA) is 74.1 Å².